The van der Waals surface area contributed by atoms with E-state index in [1.807, 2.05) is 12.1 Å². The zero-order valence-corrected chi connectivity index (χ0v) is 16.9. The predicted molar refractivity (Wildman–Crippen MR) is 126 cm³/mol. The highest BCUT2D eigenvalue weighted by atomic mass is 14.6. The molecule has 0 fully saturated rings. The van der Waals surface area contributed by atoms with Crippen molar-refractivity contribution in [1.29, 1.82) is 10.5 Å². The van der Waals surface area contributed by atoms with Crippen molar-refractivity contribution in [2.75, 3.05) is 0 Å². The zero-order valence-electron chi connectivity index (χ0n) is 16.9. The Morgan fingerprint density at radius 1 is 0.531 bits per heavy atom. The molecule has 6 aromatic rings. The molecule has 0 bridgehead atoms. The van der Waals surface area contributed by atoms with Gasteiger partial charge in [-0.2, -0.15) is 10.5 Å². The number of nitriles is 2. The first-order chi connectivity index (χ1) is 15.8. The SMILES string of the molecule is N#Cc1cnccc1-c1cc2ccc3cc(-c4ccncc4C#N)cc4ccc(c1)c2c34. The van der Waals surface area contributed by atoms with Gasteiger partial charge in [-0.15, -0.1) is 0 Å². The lowest BCUT2D eigenvalue weighted by molar-refractivity contribution is 1.30. The molecule has 32 heavy (non-hydrogen) atoms. The van der Waals surface area contributed by atoms with Crippen molar-refractivity contribution in [1.82, 2.24) is 9.97 Å². The summed E-state index contributed by atoms with van der Waals surface area (Å²) >= 11 is 0. The van der Waals surface area contributed by atoms with Gasteiger partial charge in [0, 0.05) is 35.9 Å². The molecule has 0 atom stereocenters. The van der Waals surface area contributed by atoms with Crippen molar-refractivity contribution >= 4 is 32.3 Å². The first kappa shape index (κ1) is 18.0. The molecule has 0 aliphatic heterocycles. The molecule has 4 nitrogen and oxygen atoms in total. The van der Waals surface area contributed by atoms with Gasteiger partial charge in [-0.05, 0) is 79.8 Å². The molecular formula is C28H14N4. The normalized spacial score (nSPS) is 11.1. The highest BCUT2D eigenvalue weighted by molar-refractivity contribution is 6.24. The molecule has 0 aliphatic rings. The minimum Gasteiger partial charge on any atom is -0.263 e. The summed E-state index contributed by atoms with van der Waals surface area (Å²) < 4.78 is 0. The lowest BCUT2D eigenvalue weighted by Crippen LogP contribution is -1.90. The fourth-order valence-electron chi connectivity index (χ4n) is 4.62. The standard InChI is InChI=1S/C28H14N4/c29-13-23-15-31-7-5-25(23)21-9-17-1-2-18-10-22(26-6-8-32-16-24(26)14-30)12-20-4-3-19(11-21)27(17)28(18)20/h1-12,15-16H. The van der Waals surface area contributed by atoms with Crippen LogP contribution in [0.4, 0.5) is 0 Å². The van der Waals surface area contributed by atoms with Crippen molar-refractivity contribution in [2.45, 2.75) is 0 Å². The van der Waals surface area contributed by atoms with Gasteiger partial charge in [-0.1, -0.05) is 24.3 Å². The van der Waals surface area contributed by atoms with Crippen LogP contribution in [0.3, 0.4) is 0 Å². The van der Waals surface area contributed by atoms with Gasteiger partial charge in [0.05, 0.1) is 11.1 Å². The number of benzene rings is 4. The fraction of sp³-hybridized carbons (Fsp3) is 0. The largest absolute Gasteiger partial charge is 0.263 e. The topological polar surface area (TPSA) is 73.4 Å². The third kappa shape index (κ3) is 2.61. The van der Waals surface area contributed by atoms with Crippen LogP contribution >= 0.6 is 0 Å². The van der Waals surface area contributed by atoms with Gasteiger partial charge in [-0.3, -0.25) is 9.97 Å². The second-order valence-electron chi connectivity index (χ2n) is 7.79. The lowest BCUT2D eigenvalue weighted by atomic mass is 9.89. The molecule has 6 rings (SSSR count). The lowest BCUT2D eigenvalue weighted by Gasteiger charge is -2.15. The Bertz CT molecular complexity index is 1560. The molecule has 0 N–H and O–H groups in total. The van der Waals surface area contributed by atoms with Gasteiger partial charge in [0.25, 0.3) is 0 Å². The first-order valence-electron chi connectivity index (χ1n) is 10.2. The van der Waals surface area contributed by atoms with Crippen LogP contribution < -0.4 is 0 Å². The number of nitrogens with zero attached hydrogens (tertiary/aromatic N) is 4. The minimum absolute atomic E-state index is 0.565. The molecule has 0 amide bonds. The molecule has 0 unspecified atom stereocenters. The van der Waals surface area contributed by atoms with Crippen LogP contribution in [0.2, 0.25) is 0 Å². The van der Waals surface area contributed by atoms with Crippen molar-refractivity contribution in [3.05, 3.63) is 96.6 Å². The Morgan fingerprint density at radius 2 is 0.906 bits per heavy atom. The highest BCUT2D eigenvalue weighted by Crippen LogP contribution is 2.40. The van der Waals surface area contributed by atoms with E-state index >= 15 is 0 Å². The van der Waals surface area contributed by atoms with Crippen LogP contribution in [0.5, 0.6) is 0 Å². The molecular weight excluding hydrogens is 392 g/mol. The third-order valence-electron chi connectivity index (χ3n) is 6.04. The number of rotatable bonds is 2. The summed E-state index contributed by atoms with van der Waals surface area (Å²) in [6.45, 7) is 0. The maximum Gasteiger partial charge on any atom is 0.101 e. The summed E-state index contributed by atoms with van der Waals surface area (Å²) in [6, 6.07) is 25.3. The van der Waals surface area contributed by atoms with Crippen LogP contribution in [-0.2, 0) is 0 Å². The van der Waals surface area contributed by atoms with Crippen molar-refractivity contribution in [3.8, 4) is 34.4 Å². The number of hydrogen-bond acceptors (Lipinski definition) is 4. The van der Waals surface area contributed by atoms with E-state index in [1.54, 1.807) is 24.8 Å². The first-order valence-corrected chi connectivity index (χ1v) is 10.2. The average Bonchev–Trinajstić information content (AvgIpc) is 2.86. The minimum atomic E-state index is 0.565. The van der Waals surface area contributed by atoms with E-state index in [1.165, 1.54) is 10.8 Å². The molecule has 0 aliphatic carbocycles. The Hall–Kier alpha value is -4.80. The van der Waals surface area contributed by atoms with E-state index in [2.05, 4.69) is 70.6 Å². The molecule has 0 saturated heterocycles. The van der Waals surface area contributed by atoms with Crippen LogP contribution in [0.15, 0.2) is 85.5 Å². The molecule has 0 spiro atoms. The third-order valence-corrected chi connectivity index (χ3v) is 6.04. The van der Waals surface area contributed by atoms with Gasteiger partial charge in [0.15, 0.2) is 0 Å². The quantitative estimate of drug-likeness (QED) is 0.310. The van der Waals surface area contributed by atoms with Gasteiger partial charge in [-0.25, -0.2) is 0 Å². The van der Waals surface area contributed by atoms with Crippen LogP contribution in [-0.4, -0.2) is 9.97 Å². The Labute approximate surface area is 184 Å². The molecule has 146 valence electrons. The molecule has 0 saturated carbocycles. The maximum absolute atomic E-state index is 9.50. The highest BCUT2D eigenvalue weighted by Gasteiger charge is 2.14. The monoisotopic (exact) mass is 406 g/mol. The maximum atomic E-state index is 9.50. The van der Waals surface area contributed by atoms with Gasteiger partial charge >= 0.3 is 0 Å². The summed E-state index contributed by atoms with van der Waals surface area (Å²) in [7, 11) is 0. The zero-order chi connectivity index (χ0) is 21.7. The van der Waals surface area contributed by atoms with E-state index in [4.69, 9.17) is 0 Å². The summed E-state index contributed by atoms with van der Waals surface area (Å²) in [5, 5.41) is 25.9. The van der Waals surface area contributed by atoms with E-state index in [0.717, 1.165) is 43.8 Å². The van der Waals surface area contributed by atoms with Gasteiger partial charge in [0.1, 0.15) is 12.1 Å². The summed E-state index contributed by atoms with van der Waals surface area (Å²) in [4.78, 5) is 8.16. The van der Waals surface area contributed by atoms with Crippen LogP contribution in [0.25, 0.3) is 54.6 Å². The predicted octanol–water partition coefficient (Wildman–Crippen LogP) is 6.45. The van der Waals surface area contributed by atoms with E-state index in [-0.39, 0.29) is 0 Å². The Kier molecular flexibility index (Phi) is 3.87. The molecule has 4 aromatic carbocycles. The average molecular weight is 406 g/mol. The summed E-state index contributed by atoms with van der Waals surface area (Å²) in [5.41, 5.74) is 4.91. The van der Waals surface area contributed by atoms with Crippen molar-refractivity contribution in [3.63, 3.8) is 0 Å². The fourth-order valence-corrected chi connectivity index (χ4v) is 4.62. The van der Waals surface area contributed by atoms with Crippen molar-refractivity contribution in [2.24, 2.45) is 0 Å². The Morgan fingerprint density at radius 3 is 1.25 bits per heavy atom. The number of hydrogen-bond donors (Lipinski definition) is 0. The molecule has 4 heteroatoms. The van der Waals surface area contributed by atoms with Crippen molar-refractivity contribution < 1.29 is 0 Å². The number of pyridine rings is 2. The second kappa shape index (κ2) is 6.87. The van der Waals surface area contributed by atoms with Crippen LogP contribution in [0.1, 0.15) is 11.1 Å². The smallest absolute Gasteiger partial charge is 0.101 e. The molecule has 2 aromatic heterocycles. The summed E-state index contributed by atoms with van der Waals surface area (Å²) in [6.07, 6.45) is 6.65. The van der Waals surface area contributed by atoms with E-state index in [9.17, 15) is 10.5 Å². The van der Waals surface area contributed by atoms with E-state index in [0.29, 0.717) is 11.1 Å². The van der Waals surface area contributed by atoms with E-state index < -0.39 is 0 Å². The van der Waals surface area contributed by atoms with Crippen LogP contribution in [0, 0.1) is 22.7 Å². The molecule has 0 radical (unpaired) electrons. The Balaban J connectivity index is 1.63. The second-order valence-corrected chi connectivity index (χ2v) is 7.79. The van der Waals surface area contributed by atoms with Gasteiger partial charge < -0.3 is 0 Å². The van der Waals surface area contributed by atoms with Gasteiger partial charge in [0.2, 0.25) is 0 Å². The number of aromatic nitrogens is 2. The summed E-state index contributed by atoms with van der Waals surface area (Å²) in [5.74, 6) is 0. The molecule has 2 heterocycles.